The third kappa shape index (κ3) is 4.63. The van der Waals surface area contributed by atoms with Crippen molar-refractivity contribution in [2.45, 2.75) is 12.2 Å². The van der Waals surface area contributed by atoms with E-state index in [1.807, 2.05) is 24.3 Å². The Labute approximate surface area is 125 Å². The fourth-order valence-corrected chi connectivity index (χ4v) is 3.07. The molecule has 21 heavy (non-hydrogen) atoms. The maximum absolute atomic E-state index is 13.1. The van der Waals surface area contributed by atoms with Gasteiger partial charge in [-0.3, -0.25) is 4.21 Å². The lowest BCUT2D eigenvalue weighted by Gasteiger charge is -2.05. The van der Waals surface area contributed by atoms with Crippen LogP contribution in [0, 0.1) is 11.6 Å². The molecule has 0 aromatic heterocycles. The lowest BCUT2D eigenvalue weighted by Crippen LogP contribution is -2.04. The molecule has 0 aliphatic heterocycles. The molecule has 0 N–H and O–H groups in total. The van der Waals surface area contributed by atoms with Gasteiger partial charge in [0.2, 0.25) is 0 Å². The lowest BCUT2D eigenvalue weighted by atomic mass is 10.2. The summed E-state index contributed by atoms with van der Waals surface area (Å²) in [7, 11) is 0.489. The monoisotopic (exact) mass is 310 g/mol. The fourth-order valence-electron chi connectivity index (χ4n) is 1.91. The van der Waals surface area contributed by atoms with E-state index in [4.69, 9.17) is 4.74 Å². The highest BCUT2D eigenvalue weighted by Crippen LogP contribution is 2.13. The van der Waals surface area contributed by atoms with Crippen molar-refractivity contribution < 1.29 is 17.7 Å². The number of benzene rings is 2. The van der Waals surface area contributed by atoms with Crippen LogP contribution in [0.5, 0.6) is 5.75 Å². The SMILES string of the molecule is COc1ccc(CC[S@](=O)Cc2ccc(F)c(F)c2)cc1. The number of methoxy groups -OCH3 is 1. The van der Waals surface area contributed by atoms with E-state index >= 15 is 0 Å². The van der Waals surface area contributed by atoms with Crippen LogP contribution in [0.1, 0.15) is 11.1 Å². The number of aryl methyl sites for hydroxylation is 1. The summed E-state index contributed by atoms with van der Waals surface area (Å²) in [6.45, 7) is 0. The van der Waals surface area contributed by atoms with Gasteiger partial charge in [0.05, 0.1) is 7.11 Å². The standard InChI is InChI=1S/C16H16F2O2S/c1-20-14-5-2-12(3-6-14)8-9-21(19)11-13-4-7-15(17)16(18)10-13/h2-7,10H,8-9,11H2,1H3/t21-/m0/s1. The normalized spacial score (nSPS) is 12.1. The zero-order chi connectivity index (χ0) is 15.2. The number of halogens is 2. The average Bonchev–Trinajstić information content (AvgIpc) is 2.49. The average molecular weight is 310 g/mol. The zero-order valence-electron chi connectivity index (χ0n) is 11.6. The van der Waals surface area contributed by atoms with Crippen molar-refractivity contribution in [3.05, 3.63) is 65.2 Å². The van der Waals surface area contributed by atoms with Crippen LogP contribution in [-0.4, -0.2) is 17.1 Å². The van der Waals surface area contributed by atoms with Crippen LogP contribution < -0.4 is 4.74 Å². The van der Waals surface area contributed by atoms with Gasteiger partial charge in [-0.25, -0.2) is 8.78 Å². The highest BCUT2D eigenvalue weighted by Gasteiger charge is 2.07. The first-order valence-electron chi connectivity index (χ1n) is 6.50. The molecule has 0 radical (unpaired) electrons. The van der Waals surface area contributed by atoms with Crippen LogP contribution in [0.15, 0.2) is 42.5 Å². The second kappa shape index (κ2) is 7.31. The smallest absolute Gasteiger partial charge is 0.159 e. The molecule has 1 atom stereocenters. The van der Waals surface area contributed by atoms with Crippen LogP contribution in [0.4, 0.5) is 8.78 Å². The first kappa shape index (κ1) is 15.6. The van der Waals surface area contributed by atoms with Gasteiger partial charge >= 0.3 is 0 Å². The molecule has 112 valence electrons. The van der Waals surface area contributed by atoms with Crippen molar-refractivity contribution in [3.8, 4) is 5.75 Å². The molecule has 0 amide bonds. The summed E-state index contributed by atoms with van der Waals surface area (Å²) >= 11 is 0. The molecule has 0 aliphatic rings. The van der Waals surface area contributed by atoms with E-state index < -0.39 is 22.4 Å². The molecule has 2 aromatic rings. The van der Waals surface area contributed by atoms with Gasteiger partial charge in [0.25, 0.3) is 0 Å². The fraction of sp³-hybridized carbons (Fsp3) is 0.250. The van der Waals surface area contributed by atoms with E-state index in [1.54, 1.807) is 7.11 Å². The Balaban J connectivity index is 1.87. The molecule has 0 bridgehead atoms. The topological polar surface area (TPSA) is 26.3 Å². The van der Waals surface area contributed by atoms with Gasteiger partial charge in [0.15, 0.2) is 11.6 Å². The summed E-state index contributed by atoms with van der Waals surface area (Å²) < 4.78 is 42.9. The van der Waals surface area contributed by atoms with E-state index in [1.165, 1.54) is 6.07 Å². The predicted octanol–water partition coefficient (Wildman–Crippen LogP) is 3.46. The molecule has 0 heterocycles. The number of hydrogen-bond donors (Lipinski definition) is 0. The predicted molar refractivity (Wildman–Crippen MR) is 79.8 cm³/mol. The molecule has 0 aliphatic carbocycles. The molecule has 2 nitrogen and oxygen atoms in total. The third-order valence-corrected chi connectivity index (χ3v) is 4.40. The van der Waals surface area contributed by atoms with Gasteiger partial charge in [0.1, 0.15) is 5.75 Å². The molecule has 0 saturated carbocycles. The Morgan fingerprint density at radius 1 is 1.00 bits per heavy atom. The Morgan fingerprint density at radius 2 is 1.67 bits per heavy atom. The van der Waals surface area contributed by atoms with Crippen molar-refractivity contribution in [2.75, 3.05) is 12.9 Å². The zero-order valence-corrected chi connectivity index (χ0v) is 12.5. The molecule has 0 fully saturated rings. The van der Waals surface area contributed by atoms with Gasteiger partial charge in [0, 0.05) is 22.3 Å². The summed E-state index contributed by atoms with van der Waals surface area (Å²) in [5.41, 5.74) is 1.61. The molecular formula is C16H16F2O2S. The third-order valence-electron chi connectivity index (χ3n) is 3.09. The van der Waals surface area contributed by atoms with Crippen LogP contribution in [0.2, 0.25) is 0 Å². The maximum atomic E-state index is 13.1. The minimum Gasteiger partial charge on any atom is -0.497 e. The molecular weight excluding hydrogens is 294 g/mol. The van der Waals surface area contributed by atoms with Gasteiger partial charge in [-0.05, 0) is 41.8 Å². The van der Waals surface area contributed by atoms with E-state index in [0.717, 1.165) is 23.4 Å². The van der Waals surface area contributed by atoms with Gasteiger partial charge < -0.3 is 4.74 Å². The Kier molecular flexibility index (Phi) is 5.44. The Hall–Kier alpha value is -1.75. The first-order chi connectivity index (χ1) is 10.1. The molecule has 0 saturated heterocycles. The summed E-state index contributed by atoms with van der Waals surface area (Å²) in [6, 6.07) is 11.2. The molecule has 2 rings (SSSR count). The van der Waals surface area contributed by atoms with Crippen LogP contribution in [0.3, 0.4) is 0 Å². The van der Waals surface area contributed by atoms with Gasteiger partial charge in [-0.2, -0.15) is 0 Å². The Morgan fingerprint density at radius 3 is 2.29 bits per heavy atom. The summed E-state index contributed by atoms with van der Waals surface area (Å²) in [6.07, 6.45) is 0.667. The van der Waals surface area contributed by atoms with E-state index in [0.29, 0.717) is 17.7 Å². The molecule has 5 heteroatoms. The van der Waals surface area contributed by atoms with Crippen molar-refractivity contribution in [1.29, 1.82) is 0 Å². The minimum atomic E-state index is -1.11. The van der Waals surface area contributed by atoms with Gasteiger partial charge in [-0.15, -0.1) is 0 Å². The number of hydrogen-bond acceptors (Lipinski definition) is 2. The molecule has 0 unspecified atom stereocenters. The summed E-state index contributed by atoms with van der Waals surface area (Å²) in [5, 5.41) is 0. The van der Waals surface area contributed by atoms with Crippen LogP contribution >= 0.6 is 0 Å². The van der Waals surface area contributed by atoms with Crippen molar-refractivity contribution in [3.63, 3.8) is 0 Å². The first-order valence-corrected chi connectivity index (χ1v) is 7.99. The molecule has 2 aromatic carbocycles. The highest BCUT2D eigenvalue weighted by molar-refractivity contribution is 7.84. The summed E-state index contributed by atoms with van der Waals surface area (Å²) in [5.74, 6) is -0.303. The Bertz CT molecular complexity index is 627. The lowest BCUT2D eigenvalue weighted by molar-refractivity contribution is 0.414. The van der Waals surface area contributed by atoms with Crippen molar-refractivity contribution in [2.24, 2.45) is 0 Å². The minimum absolute atomic E-state index is 0.230. The maximum Gasteiger partial charge on any atom is 0.159 e. The second-order valence-electron chi connectivity index (χ2n) is 4.63. The van der Waals surface area contributed by atoms with Crippen LogP contribution in [-0.2, 0) is 23.0 Å². The van der Waals surface area contributed by atoms with Crippen molar-refractivity contribution in [1.82, 2.24) is 0 Å². The number of ether oxygens (including phenoxy) is 1. The van der Waals surface area contributed by atoms with E-state index in [-0.39, 0.29) is 5.75 Å². The molecule has 0 spiro atoms. The van der Waals surface area contributed by atoms with Crippen molar-refractivity contribution >= 4 is 10.8 Å². The number of rotatable bonds is 6. The largest absolute Gasteiger partial charge is 0.497 e. The van der Waals surface area contributed by atoms with E-state index in [2.05, 4.69) is 0 Å². The quantitative estimate of drug-likeness (QED) is 0.817. The van der Waals surface area contributed by atoms with Crippen LogP contribution in [0.25, 0.3) is 0 Å². The van der Waals surface area contributed by atoms with E-state index in [9.17, 15) is 13.0 Å². The second-order valence-corrected chi connectivity index (χ2v) is 6.21. The summed E-state index contributed by atoms with van der Waals surface area (Å²) in [4.78, 5) is 0. The van der Waals surface area contributed by atoms with Gasteiger partial charge in [-0.1, -0.05) is 18.2 Å². The highest BCUT2D eigenvalue weighted by atomic mass is 32.2.